The molecule has 0 saturated carbocycles. The molecule has 2 heterocycles. The molecule has 49 heavy (non-hydrogen) atoms. The highest BCUT2D eigenvalue weighted by Crippen LogP contribution is 2.34. The van der Waals surface area contributed by atoms with Gasteiger partial charge in [0.05, 0.1) is 19.8 Å². The molecule has 0 aliphatic carbocycles. The quantitative estimate of drug-likeness (QED) is 0.187. The Hall–Kier alpha value is -3.96. The molecule has 2 saturated heterocycles. The van der Waals surface area contributed by atoms with Crippen LogP contribution < -0.4 is 5.32 Å². The normalized spacial score (nSPS) is 29.8. The van der Waals surface area contributed by atoms with E-state index >= 15 is 0 Å². The summed E-state index contributed by atoms with van der Waals surface area (Å²) in [5.74, 6) is -2.78. The van der Waals surface area contributed by atoms with Crippen molar-refractivity contribution >= 4 is 23.8 Å². The molecule has 2 fully saturated rings. The number of esters is 3. The van der Waals surface area contributed by atoms with E-state index in [1.165, 1.54) is 13.8 Å². The fourth-order valence-corrected chi connectivity index (χ4v) is 5.67. The van der Waals surface area contributed by atoms with Crippen molar-refractivity contribution in [1.29, 1.82) is 0 Å². The van der Waals surface area contributed by atoms with Gasteiger partial charge >= 0.3 is 17.9 Å². The van der Waals surface area contributed by atoms with Gasteiger partial charge in [-0.25, -0.2) is 0 Å². The van der Waals surface area contributed by atoms with Gasteiger partial charge in [0.2, 0.25) is 5.91 Å². The molecule has 3 N–H and O–H groups in total. The average Bonchev–Trinajstić information content (AvgIpc) is 3.06. The van der Waals surface area contributed by atoms with Crippen LogP contribution in [-0.4, -0.2) is 109 Å². The summed E-state index contributed by atoms with van der Waals surface area (Å²) in [7, 11) is 0. The number of aliphatic hydroxyl groups excluding tert-OH is 2. The number of hydrogen-bond donors (Lipinski definition) is 3. The first kappa shape index (κ1) is 37.9. The summed E-state index contributed by atoms with van der Waals surface area (Å²) >= 11 is 0. The van der Waals surface area contributed by atoms with Gasteiger partial charge in [-0.15, -0.1) is 0 Å². The number of nitrogens with one attached hydrogen (secondary N) is 1. The summed E-state index contributed by atoms with van der Waals surface area (Å²) in [5, 5.41) is 24.2. The topological polar surface area (TPSA) is 195 Å². The van der Waals surface area contributed by atoms with Crippen LogP contribution >= 0.6 is 0 Å². The molecular formula is C34H43NO14. The lowest BCUT2D eigenvalue weighted by Gasteiger charge is -2.49. The van der Waals surface area contributed by atoms with Crippen LogP contribution in [0.4, 0.5) is 0 Å². The molecule has 2 aliphatic heterocycles. The van der Waals surface area contributed by atoms with Crippen LogP contribution in [0.25, 0.3) is 0 Å². The Bertz CT molecular complexity index is 1380. The molecule has 2 aromatic carbocycles. The Morgan fingerprint density at radius 3 is 1.76 bits per heavy atom. The molecular weight excluding hydrogens is 646 g/mol. The fourth-order valence-electron chi connectivity index (χ4n) is 5.67. The summed E-state index contributed by atoms with van der Waals surface area (Å²) < 4.78 is 47.2. The molecule has 15 nitrogen and oxygen atoms in total. The molecule has 10 atom stereocenters. The molecule has 0 unspecified atom stereocenters. The van der Waals surface area contributed by atoms with E-state index in [0.29, 0.717) is 0 Å². The lowest BCUT2D eigenvalue weighted by molar-refractivity contribution is -0.352. The van der Waals surface area contributed by atoms with Crippen molar-refractivity contribution in [2.24, 2.45) is 0 Å². The lowest BCUT2D eigenvalue weighted by Crippen LogP contribution is -2.69. The SMILES string of the molecule is CC(=O)N[C@H]1[C@H](O[C@H]2[C@H](OCc3ccccc3)[C@@H](OCc3ccccc3)[C@@H](O)O[C@@H]2CO)O[C@H](COC(C)=O)[C@H](OC(C)=O)[C@@H]1OC(C)=O. The zero-order chi connectivity index (χ0) is 35.5. The molecule has 0 spiro atoms. The average molecular weight is 690 g/mol. The highest BCUT2D eigenvalue weighted by molar-refractivity contribution is 5.73. The van der Waals surface area contributed by atoms with Gasteiger partial charge in [-0.1, -0.05) is 60.7 Å². The van der Waals surface area contributed by atoms with Crippen molar-refractivity contribution in [1.82, 2.24) is 5.32 Å². The Morgan fingerprint density at radius 1 is 0.694 bits per heavy atom. The van der Waals surface area contributed by atoms with Gasteiger partial charge < -0.3 is 53.4 Å². The maximum atomic E-state index is 12.5. The summed E-state index contributed by atoms with van der Waals surface area (Å²) in [4.78, 5) is 48.7. The van der Waals surface area contributed by atoms with E-state index in [1.807, 2.05) is 60.7 Å². The van der Waals surface area contributed by atoms with Crippen LogP contribution in [0.3, 0.4) is 0 Å². The van der Waals surface area contributed by atoms with Gasteiger partial charge in [-0.3, -0.25) is 19.2 Å². The maximum Gasteiger partial charge on any atom is 0.303 e. The summed E-state index contributed by atoms with van der Waals surface area (Å²) in [6.45, 7) is 3.65. The second kappa shape index (κ2) is 18.2. The Morgan fingerprint density at radius 2 is 1.24 bits per heavy atom. The number of rotatable bonds is 14. The lowest BCUT2D eigenvalue weighted by atomic mass is 9.94. The molecule has 1 amide bonds. The number of amides is 1. The van der Waals surface area contributed by atoms with Gasteiger partial charge in [0, 0.05) is 27.7 Å². The van der Waals surface area contributed by atoms with Crippen LogP contribution in [0, 0.1) is 0 Å². The Kier molecular flexibility index (Phi) is 14.0. The predicted molar refractivity (Wildman–Crippen MR) is 167 cm³/mol. The monoisotopic (exact) mass is 689 g/mol. The molecule has 0 radical (unpaired) electrons. The van der Waals surface area contributed by atoms with E-state index in [1.54, 1.807) is 0 Å². The highest BCUT2D eigenvalue weighted by Gasteiger charge is 2.55. The number of ether oxygens (including phenoxy) is 8. The van der Waals surface area contributed by atoms with E-state index in [2.05, 4.69) is 5.32 Å². The molecule has 268 valence electrons. The molecule has 0 bridgehead atoms. The molecule has 2 aliphatic rings. The second-order valence-electron chi connectivity index (χ2n) is 11.6. The van der Waals surface area contributed by atoms with Crippen molar-refractivity contribution in [3.63, 3.8) is 0 Å². The number of carbonyl (C=O) groups excluding carboxylic acids is 4. The molecule has 4 rings (SSSR count). The third-order valence-electron chi connectivity index (χ3n) is 7.72. The van der Waals surface area contributed by atoms with Crippen molar-refractivity contribution in [2.45, 2.75) is 102 Å². The van der Waals surface area contributed by atoms with E-state index in [-0.39, 0.29) is 13.2 Å². The molecule has 15 heteroatoms. The van der Waals surface area contributed by atoms with Crippen LogP contribution in [0.5, 0.6) is 0 Å². The second-order valence-corrected chi connectivity index (χ2v) is 11.6. The number of aliphatic hydroxyl groups is 2. The Balaban J connectivity index is 1.73. The Labute approximate surface area is 283 Å². The third kappa shape index (κ3) is 10.8. The van der Waals surface area contributed by atoms with Crippen molar-refractivity contribution < 1.29 is 67.3 Å². The molecule has 2 aromatic rings. The first-order valence-electron chi connectivity index (χ1n) is 15.8. The summed E-state index contributed by atoms with van der Waals surface area (Å²) in [6, 6.07) is 17.1. The third-order valence-corrected chi connectivity index (χ3v) is 7.72. The van der Waals surface area contributed by atoms with Crippen LogP contribution in [-0.2, 0) is 70.3 Å². The summed E-state index contributed by atoms with van der Waals surface area (Å²) in [5.41, 5.74) is 1.59. The van der Waals surface area contributed by atoms with E-state index in [9.17, 15) is 29.4 Å². The highest BCUT2D eigenvalue weighted by atomic mass is 16.7. The van der Waals surface area contributed by atoms with Gasteiger partial charge in [0.1, 0.15) is 43.2 Å². The van der Waals surface area contributed by atoms with Gasteiger partial charge in [0.25, 0.3) is 0 Å². The number of carbonyl (C=O) groups is 4. The van der Waals surface area contributed by atoms with Crippen LogP contribution in [0.1, 0.15) is 38.8 Å². The zero-order valence-electron chi connectivity index (χ0n) is 27.7. The standard InChI is InChI=1S/C34H43NO14/c1-19(37)35-27-30(46-22(4)40)29(45-21(3)39)26(18-42-20(2)38)48-34(27)49-28-25(15-36)47-33(41)32(44-17-24-13-9-6-10-14-24)31(28)43-16-23-11-7-5-8-12-23/h5-14,25-34,36,41H,15-18H2,1-4H3,(H,35,37)/t25-,26-,27-,28-,29+,30-,31+,32-,33+,34+/m1/s1. The van der Waals surface area contributed by atoms with Crippen molar-refractivity contribution in [3.8, 4) is 0 Å². The maximum absolute atomic E-state index is 12.5. The van der Waals surface area contributed by atoms with Gasteiger partial charge in [0.15, 0.2) is 24.8 Å². The van der Waals surface area contributed by atoms with Crippen LogP contribution in [0.2, 0.25) is 0 Å². The minimum Gasteiger partial charge on any atom is -0.463 e. The van der Waals surface area contributed by atoms with Crippen molar-refractivity contribution in [2.75, 3.05) is 13.2 Å². The smallest absolute Gasteiger partial charge is 0.303 e. The largest absolute Gasteiger partial charge is 0.463 e. The first-order valence-corrected chi connectivity index (χ1v) is 15.8. The zero-order valence-corrected chi connectivity index (χ0v) is 27.7. The van der Waals surface area contributed by atoms with Gasteiger partial charge in [-0.2, -0.15) is 0 Å². The predicted octanol–water partition coefficient (Wildman–Crippen LogP) is 0.908. The number of hydrogen-bond acceptors (Lipinski definition) is 14. The van der Waals surface area contributed by atoms with Crippen molar-refractivity contribution in [3.05, 3.63) is 71.8 Å². The fraction of sp³-hybridized carbons (Fsp3) is 0.529. The number of benzene rings is 2. The van der Waals surface area contributed by atoms with Crippen LogP contribution in [0.15, 0.2) is 60.7 Å². The summed E-state index contributed by atoms with van der Waals surface area (Å²) in [6.07, 6.45) is -11.8. The van der Waals surface area contributed by atoms with E-state index < -0.39 is 98.4 Å². The molecule has 0 aromatic heterocycles. The van der Waals surface area contributed by atoms with E-state index in [0.717, 1.165) is 25.0 Å². The minimum atomic E-state index is -1.56. The van der Waals surface area contributed by atoms with Gasteiger partial charge in [-0.05, 0) is 11.1 Å². The minimum absolute atomic E-state index is 0.0434. The first-order chi connectivity index (χ1) is 23.5. The van der Waals surface area contributed by atoms with E-state index in [4.69, 9.17) is 37.9 Å².